The Labute approximate surface area is 106 Å². The molecule has 7 heteroatoms. The molecule has 0 bridgehead atoms. The minimum Gasteiger partial charge on any atom is -0.478 e. The predicted octanol–water partition coefficient (Wildman–Crippen LogP) is 1.07. The highest BCUT2D eigenvalue weighted by Crippen LogP contribution is 2.18. The van der Waals surface area contributed by atoms with Crippen molar-refractivity contribution in [2.24, 2.45) is 0 Å². The van der Waals surface area contributed by atoms with Crippen LogP contribution in [0.5, 0.6) is 0 Å². The lowest BCUT2D eigenvalue weighted by molar-refractivity contribution is -0.132. The standard InChI is InChI=1S/C12H7NO6/c13-5-7(10(14)15)4-6-2-1-3-8(11(16)17)9(6)12(18)19/h1-4H,(H,14,15)(H,16,17)(H,18,19). The Bertz CT molecular complexity index is 638. The number of aliphatic carboxylic acids is 1. The molecule has 3 N–H and O–H groups in total. The number of aromatic carboxylic acids is 2. The Balaban J connectivity index is 3.58. The van der Waals surface area contributed by atoms with Crippen LogP contribution in [-0.2, 0) is 4.79 Å². The molecule has 0 spiro atoms. The average molecular weight is 261 g/mol. The number of hydrogen-bond acceptors (Lipinski definition) is 4. The summed E-state index contributed by atoms with van der Waals surface area (Å²) >= 11 is 0. The van der Waals surface area contributed by atoms with Crippen molar-refractivity contribution in [1.29, 1.82) is 5.26 Å². The van der Waals surface area contributed by atoms with Gasteiger partial charge < -0.3 is 15.3 Å². The molecule has 0 saturated carbocycles. The summed E-state index contributed by atoms with van der Waals surface area (Å²) in [6.07, 6.45) is 0.818. The number of hydrogen-bond donors (Lipinski definition) is 3. The molecule has 0 atom stereocenters. The van der Waals surface area contributed by atoms with E-state index >= 15 is 0 Å². The van der Waals surface area contributed by atoms with E-state index in [4.69, 9.17) is 20.6 Å². The van der Waals surface area contributed by atoms with Crippen molar-refractivity contribution >= 4 is 24.0 Å². The summed E-state index contributed by atoms with van der Waals surface area (Å²) in [6, 6.07) is 4.95. The van der Waals surface area contributed by atoms with E-state index in [1.807, 2.05) is 0 Å². The predicted molar refractivity (Wildman–Crippen MR) is 61.6 cm³/mol. The number of rotatable bonds is 4. The number of benzene rings is 1. The van der Waals surface area contributed by atoms with Crippen LogP contribution in [0.15, 0.2) is 23.8 Å². The van der Waals surface area contributed by atoms with Crippen molar-refractivity contribution in [3.63, 3.8) is 0 Å². The molecule has 1 aromatic carbocycles. The van der Waals surface area contributed by atoms with Crippen LogP contribution in [0, 0.1) is 11.3 Å². The van der Waals surface area contributed by atoms with E-state index < -0.39 is 34.6 Å². The lowest BCUT2D eigenvalue weighted by atomic mass is 9.99. The van der Waals surface area contributed by atoms with Gasteiger partial charge >= 0.3 is 17.9 Å². The van der Waals surface area contributed by atoms with Gasteiger partial charge in [-0.05, 0) is 17.7 Å². The van der Waals surface area contributed by atoms with Crippen LogP contribution in [-0.4, -0.2) is 33.2 Å². The minimum atomic E-state index is -1.53. The van der Waals surface area contributed by atoms with E-state index in [9.17, 15) is 14.4 Å². The fraction of sp³-hybridized carbons (Fsp3) is 0. The van der Waals surface area contributed by atoms with Crippen LogP contribution in [0.1, 0.15) is 26.3 Å². The maximum Gasteiger partial charge on any atom is 0.346 e. The highest BCUT2D eigenvalue weighted by atomic mass is 16.4. The zero-order valence-corrected chi connectivity index (χ0v) is 9.32. The third kappa shape index (κ3) is 2.95. The molecular weight excluding hydrogens is 254 g/mol. The Kier molecular flexibility index (Phi) is 4.00. The fourth-order valence-electron chi connectivity index (χ4n) is 1.40. The molecule has 1 rings (SSSR count). The van der Waals surface area contributed by atoms with Crippen LogP contribution in [0.25, 0.3) is 6.08 Å². The largest absolute Gasteiger partial charge is 0.478 e. The van der Waals surface area contributed by atoms with Gasteiger partial charge in [0.1, 0.15) is 11.6 Å². The van der Waals surface area contributed by atoms with Gasteiger partial charge in [0.15, 0.2) is 0 Å². The first-order chi connectivity index (χ1) is 8.88. The van der Waals surface area contributed by atoms with E-state index in [0.29, 0.717) is 0 Å². The van der Waals surface area contributed by atoms with Gasteiger partial charge in [0.2, 0.25) is 0 Å². The molecule has 0 radical (unpaired) electrons. The van der Waals surface area contributed by atoms with Gasteiger partial charge in [-0.3, -0.25) is 0 Å². The van der Waals surface area contributed by atoms with Crippen LogP contribution in [0.2, 0.25) is 0 Å². The van der Waals surface area contributed by atoms with E-state index in [1.54, 1.807) is 0 Å². The van der Waals surface area contributed by atoms with Gasteiger partial charge in [-0.2, -0.15) is 5.26 Å². The SMILES string of the molecule is N#CC(=Cc1cccc(C(=O)O)c1C(=O)O)C(=O)O. The number of carbonyl (C=O) groups is 3. The zero-order valence-electron chi connectivity index (χ0n) is 9.32. The smallest absolute Gasteiger partial charge is 0.346 e. The summed E-state index contributed by atoms with van der Waals surface area (Å²) in [5.41, 5.74) is -1.90. The molecule has 0 aliphatic heterocycles. The van der Waals surface area contributed by atoms with Crippen molar-refractivity contribution in [2.75, 3.05) is 0 Å². The Hall–Kier alpha value is -3.14. The highest BCUT2D eigenvalue weighted by molar-refractivity contribution is 6.06. The molecule has 1 aromatic rings. The second kappa shape index (κ2) is 5.46. The third-order valence-electron chi connectivity index (χ3n) is 2.19. The normalized spacial score (nSPS) is 10.6. The van der Waals surface area contributed by atoms with Crippen LogP contribution < -0.4 is 0 Å². The maximum absolute atomic E-state index is 11.1. The monoisotopic (exact) mass is 261 g/mol. The Morgan fingerprint density at radius 3 is 2.16 bits per heavy atom. The number of carboxylic acids is 3. The molecule has 0 saturated heterocycles. The molecule has 0 fully saturated rings. The van der Waals surface area contributed by atoms with E-state index in [0.717, 1.165) is 12.1 Å². The summed E-state index contributed by atoms with van der Waals surface area (Å²) in [6.45, 7) is 0. The van der Waals surface area contributed by atoms with Crippen molar-refractivity contribution in [3.05, 3.63) is 40.5 Å². The molecule has 0 heterocycles. The molecule has 19 heavy (non-hydrogen) atoms. The lowest BCUT2D eigenvalue weighted by Crippen LogP contribution is -2.10. The molecule has 0 aliphatic carbocycles. The van der Waals surface area contributed by atoms with Gasteiger partial charge in [0.05, 0.1) is 11.1 Å². The quantitative estimate of drug-likeness (QED) is 0.544. The maximum atomic E-state index is 11.1. The fourth-order valence-corrected chi connectivity index (χ4v) is 1.40. The first kappa shape index (κ1) is 13.9. The molecule has 0 amide bonds. The second-order valence-corrected chi connectivity index (χ2v) is 3.36. The summed E-state index contributed by atoms with van der Waals surface area (Å²) < 4.78 is 0. The zero-order chi connectivity index (χ0) is 14.6. The van der Waals surface area contributed by atoms with Gasteiger partial charge in [-0.25, -0.2) is 14.4 Å². The Morgan fingerprint density at radius 1 is 1.11 bits per heavy atom. The van der Waals surface area contributed by atoms with Crippen LogP contribution >= 0.6 is 0 Å². The first-order valence-electron chi connectivity index (χ1n) is 4.83. The topological polar surface area (TPSA) is 136 Å². The minimum absolute atomic E-state index is 0.161. The van der Waals surface area contributed by atoms with Crippen molar-refractivity contribution in [1.82, 2.24) is 0 Å². The molecule has 0 aliphatic rings. The van der Waals surface area contributed by atoms with Gasteiger partial charge in [-0.1, -0.05) is 12.1 Å². The van der Waals surface area contributed by atoms with E-state index in [1.165, 1.54) is 18.2 Å². The Morgan fingerprint density at radius 2 is 1.74 bits per heavy atom. The van der Waals surface area contributed by atoms with E-state index in [2.05, 4.69) is 0 Å². The molecular formula is C12H7NO6. The highest BCUT2D eigenvalue weighted by Gasteiger charge is 2.20. The summed E-state index contributed by atoms with van der Waals surface area (Å²) in [7, 11) is 0. The van der Waals surface area contributed by atoms with Crippen LogP contribution in [0.3, 0.4) is 0 Å². The van der Waals surface area contributed by atoms with Crippen LogP contribution in [0.4, 0.5) is 0 Å². The molecule has 96 valence electrons. The van der Waals surface area contributed by atoms with Gasteiger partial charge in [-0.15, -0.1) is 0 Å². The van der Waals surface area contributed by atoms with Crippen molar-refractivity contribution in [3.8, 4) is 6.07 Å². The summed E-state index contributed by atoms with van der Waals surface area (Å²) in [5.74, 6) is -4.51. The molecule has 0 unspecified atom stereocenters. The molecule has 7 nitrogen and oxygen atoms in total. The van der Waals surface area contributed by atoms with Gasteiger partial charge in [0, 0.05) is 0 Å². The third-order valence-corrected chi connectivity index (χ3v) is 2.19. The molecule has 0 aromatic heterocycles. The van der Waals surface area contributed by atoms with Crippen molar-refractivity contribution < 1.29 is 29.7 Å². The van der Waals surface area contributed by atoms with Crippen molar-refractivity contribution in [2.45, 2.75) is 0 Å². The average Bonchev–Trinajstić information content (AvgIpc) is 2.34. The lowest BCUT2D eigenvalue weighted by Gasteiger charge is -2.05. The number of nitriles is 1. The first-order valence-corrected chi connectivity index (χ1v) is 4.83. The summed E-state index contributed by atoms with van der Waals surface area (Å²) in [5, 5.41) is 35.2. The van der Waals surface area contributed by atoms with E-state index in [-0.39, 0.29) is 5.56 Å². The number of carboxylic acid groups (broad SMARTS) is 3. The second-order valence-electron chi connectivity index (χ2n) is 3.36. The summed E-state index contributed by atoms with van der Waals surface area (Å²) in [4.78, 5) is 32.6. The number of nitrogens with zero attached hydrogens (tertiary/aromatic N) is 1. The van der Waals surface area contributed by atoms with Gasteiger partial charge in [0.25, 0.3) is 0 Å².